The molecule has 1 saturated carbocycles. The topological polar surface area (TPSA) is 106 Å². The zero-order valence-corrected chi connectivity index (χ0v) is 23.0. The van der Waals surface area contributed by atoms with Crippen LogP contribution in [0.25, 0.3) is 10.9 Å². The van der Waals surface area contributed by atoms with Gasteiger partial charge in [0.1, 0.15) is 18.2 Å². The number of morpholine rings is 1. The van der Waals surface area contributed by atoms with Gasteiger partial charge in [0.05, 0.1) is 22.5 Å². The van der Waals surface area contributed by atoms with E-state index in [1.165, 1.54) is 16.1 Å². The summed E-state index contributed by atoms with van der Waals surface area (Å²) in [5.41, 5.74) is 1.45. The van der Waals surface area contributed by atoms with Crippen LogP contribution in [-0.2, 0) is 24.3 Å². The second-order valence-corrected chi connectivity index (χ2v) is 12.5. The van der Waals surface area contributed by atoms with E-state index in [0.29, 0.717) is 33.7 Å². The van der Waals surface area contributed by atoms with E-state index in [9.17, 15) is 23.1 Å². The van der Waals surface area contributed by atoms with Gasteiger partial charge in [-0.25, -0.2) is 12.4 Å². The Hall–Kier alpha value is -3.66. The minimum atomic E-state index is -4.10. The summed E-state index contributed by atoms with van der Waals surface area (Å²) in [5, 5.41) is 10.7. The summed E-state index contributed by atoms with van der Waals surface area (Å²) in [4.78, 5) is 27.3. The third-order valence-corrected chi connectivity index (χ3v) is 9.45. The molecule has 0 spiro atoms. The molecule has 40 heavy (non-hydrogen) atoms. The van der Waals surface area contributed by atoms with Gasteiger partial charge >= 0.3 is 5.97 Å². The molecule has 10 heteroatoms. The van der Waals surface area contributed by atoms with Gasteiger partial charge in [0, 0.05) is 17.0 Å². The molecule has 1 saturated heterocycles. The summed E-state index contributed by atoms with van der Waals surface area (Å²) < 4.78 is 36.0. The van der Waals surface area contributed by atoms with Crippen LogP contribution >= 0.6 is 11.6 Å². The maximum Gasteiger partial charge on any atom is 0.306 e. The van der Waals surface area contributed by atoms with E-state index >= 15 is 0 Å². The van der Waals surface area contributed by atoms with E-state index in [2.05, 4.69) is 0 Å². The summed E-state index contributed by atoms with van der Waals surface area (Å²) in [7, 11) is -4.10. The molecule has 6 rings (SSSR count). The fourth-order valence-corrected chi connectivity index (χ4v) is 7.23. The first-order valence-electron chi connectivity index (χ1n) is 13.1. The molecule has 0 radical (unpaired) electrons. The molecule has 2 aliphatic rings. The molecule has 0 unspecified atom stereocenters. The number of para-hydroxylation sites is 1. The summed E-state index contributed by atoms with van der Waals surface area (Å²) in [5.74, 6) is -1.38. The van der Waals surface area contributed by atoms with Gasteiger partial charge < -0.3 is 14.7 Å². The predicted molar refractivity (Wildman–Crippen MR) is 149 cm³/mol. The van der Waals surface area contributed by atoms with Gasteiger partial charge in [-0.1, -0.05) is 60.1 Å². The summed E-state index contributed by atoms with van der Waals surface area (Å²) in [6.45, 7) is 0.368. The zero-order chi connectivity index (χ0) is 28.0. The van der Waals surface area contributed by atoms with Gasteiger partial charge in [-0.05, 0) is 60.7 Å². The molecule has 1 N–H and O–H groups in total. The number of carboxylic acids is 1. The molecule has 1 aliphatic heterocycles. The molecule has 1 aromatic heterocycles. The average Bonchev–Trinajstić information content (AvgIpc) is 3.67. The second kappa shape index (κ2) is 10.4. The number of carboxylic acid groups (broad SMARTS) is 1. The van der Waals surface area contributed by atoms with Crippen molar-refractivity contribution >= 4 is 44.4 Å². The normalized spacial score (nSPS) is 21.6. The van der Waals surface area contributed by atoms with Gasteiger partial charge in [-0.15, -0.1) is 0 Å². The molecular weight excluding hydrogens is 552 g/mol. The number of hydrogen-bond donors (Lipinski definition) is 1. The number of ether oxygens (including phenoxy) is 1. The lowest BCUT2D eigenvalue weighted by Crippen LogP contribution is -2.52. The maximum atomic E-state index is 14.2. The minimum Gasteiger partial charge on any atom is -0.481 e. The Morgan fingerprint density at radius 3 is 2.40 bits per heavy atom. The highest BCUT2D eigenvalue weighted by molar-refractivity contribution is 7.90. The zero-order valence-electron chi connectivity index (χ0n) is 21.4. The molecular formula is C30H27ClN2O6S. The number of halogens is 1. The third-order valence-electron chi connectivity index (χ3n) is 7.46. The Morgan fingerprint density at radius 2 is 1.70 bits per heavy atom. The predicted octanol–water partition coefficient (Wildman–Crippen LogP) is 5.43. The van der Waals surface area contributed by atoms with Crippen LogP contribution in [0.1, 0.15) is 42.7 Å². The van der Waals surface area contributed by atoms with Crippen LogP contribution in [0.3, 0.4) is 0 Å². The van der Waals surface area contributed by atoms with Crippen LogP contribution in [0.4, 0.5) is 0 Å². The molecule has 0 bridgehead atoms. The van der Waals surface area contributed by atoms with E-state index in [4.69, 9.17) is 16.3 Å². The van der Waals surface area contributed by atoms with E-state index in [0.717, 1.165) is 12.8 Å². The number of nitrogens with zero attached hydrogens (tertiary/aromatic N) is 2. The Balaban J connectivity index is 1.60. The average molecular weight is 579 g/mol. The van der Waals surface area contributed by atoms with Crippen molar-refractivity contribution in [1.29, 1.82) is 0 Å². The lowest BCUT2D eigenvalue weighted by molar-refractivity contribution is -0.179. The van der Waals surface area contributed by atoms with Crippen LogP contribution in [0.5, 0.6) is 0 Å². The van der Waals surface area contributed by atoms with E-state index in [-0.39, 0.29) is 10.8 Å². The van der Waals surface area contributed by atoms with Crippen molar-refractivity contribution in [3.8, 4) is 0 Å². The van der Waals surface area contributed by atoms with Gasteiger partial charge in [0.2, 0.25) is 0 Å². The summed E-state index contributed by atoms with van der Waals surface area (Å²) >= 11 is 6.35. The summed E-state index contributed by atoms with van der Waals surface area (Å²) in [6, 6.07) is 23.2. The first-order chi connectivity index (χ1) is 19.2. The van der Waals surface area contributed by atoms with Crippen molar-refractivity contribution < 1.29 is 27.9 Å². The van der Waals surface area contributed by atoms with Crippen LogP contribution in [0.2, 0.25) is 5.02 Å². The van der Waals surface area contributed by atoms with Gasteiger partial charge in [0.25, 0.3) is 15.9 Å². The molecule has 1 aliphatic carbocycles. The highest BCUT2D eigenvalue weighted by Crippen LogP contribution is 2.47. The van der Waals surface area contributed by atoms with Crippen molar-refractivity contribution in [2.24, 2.45) is 5.92 Å². The fraction of sp³-hybridized carbons (Fsp3) is 0.267. The lowest BCUT2D eigenvalue weighted by atomic mass is 9.94. The smallest absolute Gasteiger partial charge is 0.306 e. The number of rotatable bonds is 8. The largest absolute Gasteiger partial charge is 0.481 e. The van der Waals surface area contributed by atoms with Crippen molar-refractivity contribution in [2.75, 3.05) is 6.54 Å². The van der Waals surface area contributed by atoms with Crippen LogP contribution < -0.4 is 0 Å². The quantitative estimate of drug-likeness (QED) is 0.299. The monoisotopic (exact) mass is 578 g/mol. The first-order valence-corrected chi connectivity index (χ1v) is 14.9. The lowest BCUT2D eigenvalue weighted by Gasteiger charge is -2.44. The number of carbonyl (C=O) groups is 2. The number of amides is 1. The molecule has 206 valence electrons. The molecule has 1 amide bonds. The van der Waals surface area contributed by atoms with Gasteiger partial charge in [0.15, 0.2) is 0 Å². The van der Waals surface area contributed by atoms with Crippen molar-refractivity contribution in [1.82, 2.24) is 8.87 Å². The Bertz CT molecular complexity index is 1700. The Labute approximate surface area is 236 Å². The number of benzene rings is 3. The first kappa shape index (κ1) is 26.6. The third kappa shape index (κ3) is 4.89. The highest BCUT2D eigenvalue weighted by Gasteiger charge is 2.48. The maximum absolute atomic E-state index is 14.2. The number of hydrogen-bond acceptors (Lipinski definition) is 5. The molecule has 3 atom stereocenters. The standard InChI is InChI=1S/C30H27ClN2O6S/c31-22-9-6-8-21(15-22)29-28(32(18-19-13-14-19)30(36)26(39-29)17-27(34)35)25-16-20-7-4-5-12-24(20)33(25)40(37,38)23-10-2-1-3-11-23/h1-12,15-16,19,26,28-29H,13-14,17-18H2,(H,34,35)/t26-,28-,29-/m1/s1. The van der Waals surface area contributed by atoms with Crippen LogP contribution in [0, 0.1) is 5.92 Å². The number of fused-ring (bicyclic) bond motifs is 1. The van der Waals surface area contributed by atoms with E-state index in [1.807, 2.05) is 12.1 Å². The molecule has 8 nitrogen and oxygen atoms in total. The SMILES string of the molecule is O=C(O)C[C@H]1O[C@H](c2cccc(Cl)c2)[C@@H](c2cc3ccccc3n2S(=O)(=O)c2ccccc2)N(CC2CC2)C1=O. The fourth-order valence-electron chi connectivity index (χ4n) is 5.45. The molecule has 4 aromatic rings. The molecule has 2 fully saturated rings. The van der Waals surface area contributed by atoms with Crippen molar-refractivity contribution in [3.63, 3.8) is 0 Å². The molecule has 2 heterocycles. The van der Waals surface area contributed by atoms with Gasteiger partial charge in [-0.2, -0.15) is 0 Å². The second-order valence-electron chi connectivity index (χ2n) is 10.3. The van der Waals surface area contributed by atoms with Gasteiger partial charge in [-0.3, -0.25) is 9.59 Å². The number of aliphatic carboxylic acids is 1. The van der Waals surface area contributed by atoms with Crippen molar-refractivity contribution in [3.05, 3.63) is 101 Å². The number of carbonyl (C=O) groups excluding carboxylic acids is 1. The van der Waals surface area contributed by atoms with Crippen molar-refractivity contribution in [2.45, 2.75) is 42.4 Å². The molecule has 3 aromatic carbocycles. The highest BCUT2D eigenvalue weighted by atomic mass is 35.5. The number of aromatic nitrogens is 1. The summed E-state index contributed by atoms with van der Waals surface area (Å²) in [6.07, 6.45) is -0.717. The van der Waals surface area contributed by atoms with Crippen LogP contribution in [-0.4, -0.2) is 46.9 Å². The Kier molecular flexibility index (Phi) is 6.90. The van der Waals surface area contributed by atoms with E-state index in [1.54, 1.807) is 65.6 Å². The van der Waals surface area contributed by atoms with Crippen LogP contribution in [0.15, 0.2) is 89.8 Å². The Morgan fingerprint density at radius 1 is 0.975 bits per heavy atom. The van der Waals surface area contributed by atoms with E-state index < -0.39 is 46.6 Å². The minimum absolute atomic E-state index is 0.109.